The van der Waals surface area contributed by atoms with E-state index in [1.54, 1.807) is 7.11 Å². The lowest BCUT2D eigenvalue weighted by atomic mass is 9.82. The standard InChI is InChI=1S/C22H33N5O2S/c1-22(2,16-6-8-18(29-3)9-7-16)19-15-30-21(25-19)26-20(28)24-11-4-5-12-27-13-10-17(23)14-27/h6-9,15,17H,4-5,10-14,23H2,1-3H3,(H2,24,25,26,28). The van der Waals surface area contributed by atoms with Gasteiger partial charge in [0.2, 0.25) is 0 Å². The Bertz CT molecular complexity index is 821. The first kappa shape index (κ1) is 22.5. The lowest BCUT2D eigenvalue weighted by molar-refractivity contribution is 0.251. The van der Waals surface area contributed by atoms with Gasteiger partial charge in [0.25, 0.3) is 0 Å². The van der Waals surface area contributed by atoms with E-state index in [4.69, 9.17) is 10.5 Å². The van der Waals surface area contributed by atoms with Gasteiger partial charge < -0.3 is 20.7 Å². The van der Waals surface area contributed by atoms with E-state index in [0.29, 0.717) is 17.7 Å². The minimum absolute atomic E-state index is 0.207. The number of ether oxygens (including phenoxy) is 1. The van der Waals surface area contributed by atoms with E-state index in [-0.39, 0.29) is 11.4 Å². The van der Waals surface area contributed by atoms with Gasteiger partial charge in [0.1, 0.15) is 5.75 Å². The molecular formula is C22H33N5O2S. The Labute approximate surface area is 183 Å². The minimum atomic E-state index is -0.267. The Morgan fingerprint density at radius 2 is 2.10 bits per heavy atom. The Morgan fingerprint density at radius 3 is 2.77 bits per heavy atom. The zero-order valence-corrected chi connectivity index (χ0v) is 18.9. The van der Waals surface area contributed by atoms with Crippen molar-refractivity contribution in [2.75, 3.05) is 38.6 Å². The molecule has 2 amide bonds. The number of nitrogens with zero attached hydrogens (tertiary/aromatic N) is 2. The fourth-order valence-electron chi connectivity index (χ4n) is 3.64. The Kier molecular flexibility index (Phi) is 7.69. The smallest absolute Gasteiger partial charge is 0.321 e. The summed E-state index contributed by atoms with van der Waals surface area (Å²) in [6, 6.07) is 8.12. The molecule has 4 N–H and O–H groups in total. The van der Waals surface area contributed by atoms with E-state index in [9.17, 15) is 4.79 Å². The van der Waals surface area contributed by atoms with E-state index in [1.165, 1.54) is 11.3 Å². The van der Waals surface area contributed by atoms with E-state index >= 15 is 0 Å². The van der Waals surface area contributed by atoms with Crippen LogP contribution in [0.4, 0.5) is 9.93 Å². The third kappa shape index (κ3) is 5.93. The van der Waals surface area contributed by atoms with Crippen LogP contribution in [0.2, 0.25) is 0 Å². The lowest BCUT2D eigenvalue weighted by Gasteiger charge is -2.23. The lowest BCUT2D eigenvalue weighted by Crippen LogP contribution is -2.31. The molecule has 1 aromatic carbocycles. The molecule has 0 radical (unpaired) electrons. The second kappa shape index (κ2) is 10.2. The van der Waals surface area contributed by atoms with Crippen LogP contribution in [0.3, 0.4) is 0 Å². The van der Waals surface area contributed by atoms with Crippen LogP contribution in [0, 0.1) is 0 Å². The first-order valence-corrected chi connectivity index (χ1v) is 11.4. The maximum atomic E-state index is 12.2. The van der Waals surface area contributed by atoms with Gasteiger partial charge in [-0.1, -0.05) is 26.0 Å². The van der Waals surface area contributed by atoms with E-state index in [2.05, 4.69) is 34.4 Å². The number of anilines is 1. The number of amides is 2. The van der Waals surface area contributed by atoms with E-state index in [0.717, 1.165) is 55.9 Å². The number of carbonyl (C=O) groups is 1. The van der Waals surface area contributed by atoms with Crippen molar-refractivity contribution >= 4 is 22.5 Å². The number of aromatic nitrogens is 1. The number of unbranched alkanes of at least 4 members (excludes halogenated alkanes) is 1. The monoisotopic (exact) mass is 431 g/mol. The average molecular weight is 432 g/mol. The molecule has 7 nitrogen and oxygen atoms in total. The summed E-state index contributed by atoms with van der Waals surface area (Å²) in [5.74, 6) is 0.829. The van der Waals surface area contributed by atoms with Gasteiger partial charge in [-0.15, -0.1) is 11.3 Å². The molecule has 1 unspecified atom stereocenters. The summed E-state index contributed by atoms with van der Waals surface area (Å²) >= 11 is 1.44. The van der Waals surface area contributed by atoms with Gasteiger partial charge in [-0.2, -0.15) is 0 Å². The first-order chi connectivity index (χ1) is 14.4. The summed E-state index contributed by atoms with van der Waals surface area (Å²) in [5.41, 5.74) is 7.73. The molecule has 164 valence electrons. The number of rotatable bonds is 9. The summed E-state index contributed by atoms with van der Waals surface area (Å²) in [7, 11) is 1.66. The number of hydrogen-bond donors (Lipinski definition) is 3. The maximum Gasteiger partial charge on any atom is 0.321 e. The first-order valence-electron chi connectivity index (χ1n) is 10.5. The van der Waals surface area contributed by atoms with Gasteiger partial charge >= 0.3 is 6.03 Å². The molecule has 1 atom stereocenters. The highest BCUT2D eigenvalue weighted by molar-refractivity contribution is 7.13. The van der Waals surface area contributed by atoms with Crippen LogP contribution in [-0.4, -0.2) is 55.2 Å². The van der Waals surface area contributed by atoms with Crippen molar-refractivity contribution in [1.29, 1.82) is 0 Å². The number of nitrogens with two attached hydrogens (primary N) is 1. The zero-order valence-electron chi connectivity index (χ0n) is 18.1. The van der Waals surface area contributed by atoms with Crippen molar-refractivity contribution in [2.24, 2.45) is 5.73 Å². The molecule has 0 saturated carbocycles. The van der Waals surface area contributed by atoms with Crippen LogP contribution in [0.1, 0.15) is 44.4 Å². The molecule has 1 saturated heterocycles. The molecule has 1 fully saturated rings. The highest BCUT2D eigenvalue weighted by Crippen LogP contribution is 2.34. The highest BCUT2D eigenvalue weighted by Gasteiger charge is 2.26. The van der Waals surface area contributed by atoms with Gasteiger partial charge in [0.05, 0.1) is 12.8 Å². The zero-order chi connectivity index (χ0) is 21.6. The van der Waals surface area contributed by atoms with Gasteiger partial charge in [-0.3, -0.25) is 5.32 Å². The number of nitrogens with one attached hydrogen (secondary N) is 2. The summed E-state index contributed by atoms with van der Waals surface area (Å²) in [6.07, 6.45) is 3.10. The van der Waals surface area contributed by atoms with Crippen molar-refractivity contribution in [2.45, 2.75) is 44.6 Å². The second-order valence-corrected chi connectivity index (χ2v) is 9.19. The fraction of sp³-hybridized carbons (Fsp3) is 0.545. The Hall–Kier alpha value is -2.16. The van der Waals surface area contributed by atoms with Gasteiger partial charge in [0.15, 0.2) is 5.13 Å². The number of methoxy groups -OCH3 is 1. The van der Waals surface area contributed by atoms with Crippen LogP contribution in [0.5, 0.6) is 5.75 Å². The van der Waals surface area contributed by atoms with Crippen molar-refractivity contribution in [1.82, 2.24) is 15.2 Å². The highest BCUT2D eigenvalue weighted by atomic mass is 32.1. The third-order valence-corrected chi connectivity index (χ3v) is 6.43. The normalized spacial score (nSPS) is 17.1. The van der Waals surface area contributed by atoms with Crippen LogP contribution in [0.25, 0.3) is 0 Å². The number of hydrogen-bond acceptors (Lipinski definition) is 6. The van der Waals surface area contributed by atoms with Gasteiger partial charge in [-0.05, 0) is 50.0 Å². The molecule has 1 aliphatic rings. The quantitative estimate of drug-likeness (QED) is 0.529. The topological polar surface area (TPSA) is 92.5 Å². The predicted molar refractivity (Wildman–Crippen MR) is 123 cm³/mol. The largest absolute Gasteiger partial charge is 0.497 e. The summed E-state index contributed by atoms with van der Waals surface area (Å²) in [4.78, 5) is 19.2. The molecule has 1 aliphatic heterocycles. The summed E-state index contributed by atoms with van der Waals surface area (Å²) in [6.45, 7) is 8.04. The van der Waals surface area contributed by atoms with Crippen LogP contribution < -0.4 is 21.1 Å². The van der Waals surface area contributed by atoms with E-state index in [1.807, 2.05) is 29.6 Å². The molecule has 30 heavy (non-hydrogen) atoms. The van der Waals surface area contributed by atoms with Crippen molar-refractivity contribution in [3.63, 3.8) is 0 Å². The molecule has 0 bridgehead atoms. The molecule has 2 heterocycles. The molecular weight excluding hydrogens is 398 g/mol. The number of benzene rings is 1. The van der Waals surface area contributed by atoms with Gasteiger partial charge in [-0.25, -0.2) is 9.78 Å². The van der Waals surface area contributed by atoms with Crippen molar-refractivity contribution in [3.05, 3.63) is 40.9 Å². The molecule has 8 heteroatoms. The molecule has 3 rings (SSSR count). The number of carbonyl (C=O) groups excluding carboxylic acids is 1. The summed E-state index contributed by atoms with van der Waals surface area (Å²) < 4.78 is 5.24. The number of likely N-dealkylation sites (tertiary alicyclic amines) is 1. The van der Waals surface area contributed by atoms with Crippen molar-refractivity contribution < 1.29 is 9.53 Å². The average Bonchev–Trinajstić information content (AvgIpc) is 3.37. The number of urea groups is 1. The molecule has 0 aliphatic carbocycles. The van der Waals surface area contributed by atoms with Gasteiger partial charge in [0, 0.05) is 29.9 Å². The Morgan fingerprint density at radius 1 is 1.33 bits per heavy atom. The predicted octanol–water partition coefficient (Wildman–Crippen LogP) is 3.41. The Balaban J connectivity index is 1.43. The van der Waals surface area contributed by atoms with Crippen molar-refractivity contribution in [3.8, 4) is 5.75 Å². The number of thiazole rings is 1. The maximum absolute atomic E-state index is 12.2. The minimum Gasteiger partial charge on any atom is -0.497 e. The van der Waals surface area contributed by atoms with E-state index < -0.39 is 0 Å². The SMILES string of the molecule is COc1ccc(C(C)(C)c2csc(NC(=O)NCCCCN3CCC(N)C3)n2)cc1. The van der Waals surface area contributed by atoms with Crippen LogP contribution in [0.15, 0.2) is 29.6 Å². The third-order valence-electron chi connectivity index (χ3n) is 5.67. The molecule has 0 spiro atoms. The fourth-order valence-corrected chi connectivity index (χ4v) is 4.52. The second-order valence-electron chi connectivity index (χ2n) is 8.33. The van der Waals surface area contributed by atoms with Crippen LogP contribution in [-0.2, 0) is 5.41 Å². The molecule has 2 aromatic rings. The van der Waals surface area contributed by atoms with Crippen LogP contribution >= 0.6 is 11.3 Å². The molecule has 1 aromatic heterocycles. The summed E-state index contributed by atoms with van der Waals surface area (Å²) in [5, 5.41) is 8.38.